The molecule has 0 unspecified atom stereocenters. The fourth-order valence-corrected chi connectivity index (χ4v) is 2.84. The van der Waals surface area contributed by atoms with Crippen LogP contribution in [0.15, 0.2) is 41.2 Å². The molecule has 3 aromatic rings. The van der Waals surface area contributed by atoms with Crippen molar-refractivity contribution in [2.75, 3.05) is 12.4 Å². The number of halogens is 3. The van der Waals surface area contributed by atoms with Gasteiger partial charge in [-0.25, -0.2) is 18.7 Å². The quantitative estimate of drug-likeness (QED) is 0.705. The van der Waals surface area contributed by atoms with E-state index in [0.717, 1.165) is 6.07 Å². The minimum absolute atomic E-state index is 0.117. The second-order valence-corrected chi connectivity index (χ2v) is 6.35. The molecule has 0 fully saturated rings. The van der Waals surface area contributed by atoms with Crippen LogP contribution in [0.4, 0.5) is 19.3 Å². The number of carbonyl (C=O) groups excluding carboxylic acids is 1. The van der Waals surface area contributed by atoms with E-state index in [1.165, 1.54) is 36.2 Å². The van der Waals surface area contributed by atoms with Gasteiger partial charge in [-0.15, -0.1) is 0 Å². The smallest absolute Gasteiger partial charge is 0.319 e. The molecule has 6 nitrogen and oxygen atoms in total. The van der Waals surface area contributed by atoms with Crippen LogP contribution in [0, 0.1) is 11.6 Å². The molecule has 2 N–H and O–H groups in total. The van der Waals surface area contributed by atoms with Crippen molar-refractivity contribution in [3.63, 3.8) is 0 Å². The molecule has 0 radical (unpaired) electrons. The van der Waals surface area contributed by atoms with Crippen molar-refractivity contribution in [2.24, 2.45) is 0 Å². The van der Waals surface area contributed by atoms with Crippen molar-refractivity contribution in [3.05, 3.63) is 69.1 Å². The van der Waals surface area contributed by atoms with Gasteiger partial charge in [-0.3, -0.25) is 4.79 Å². The van der Waals surface area contributed by atoms with Crippen molar-refractivity contribution in [3.8, 4) is 0 Å². The van der Waals surface area contributed by atoms with E-state index in [-0.39, 0.29) is 10.4 Å². The number of anilines is 1. The maximum Gasteiger partial charge on any atom is 0.322 e. The molecule has 140 valence electrons. The summed E-state index contributed by atoms with van der Waals surface area (Å²) in [6, 6.07) is 6.91. The molecule has 27 heavy (non-hydrogen) atoms. The highest BCUT2D eigenvalue weighted by molar-refractivity contribution is 6.31. The zero-order valence-corrected chi connectivity index (χ0v) is 15.1. The number of amides is 2. The van der Waals surface area contributed by atoms with Crippen LogP contribution in [0.3, 0.4) is 0 Å². The molecule has 1 aromatic heterocycles. The van der Waals surface area contributed by atoms with E-state index in [0.29, 0.717) is 16.8 Å². The number of nitrogens with one attached hydrogen (secondary N) is 2. The third-order valence-corrected chi connectivity index (χ3v) is 4.55. The van der Waals surface area contributed by atoms with Crippen LogP contribution in [-0.2, 0) is 0 Å². The second kappa shape index (κ2) is 7.32. The number of hydrogen-bond acceptors (Lipinski definition) is 3. The number of aromatic nitrogens is 2. The Balaban J connectivity index is 1.90. The van der Waals surface area contributed by atoms with Crippen molar-refractivity contribution in [1.82, 2.24) is 15.1 Å². The summed E-state index contributed by atoms with van der Waals surface area (Å²) in [7, 11) is 1.52. The molecule has 0 aliphatic heterocycles. The number of benzene rings is 2. The largest absolute Gasteiger partial charge is 0.322 e. The topological polar surface area (TPSA) is 78.1 Å². The summed E-state index contributed by atoms with van der Waals surface area (Å²) in [6.07, 6.45) is 0. The van der Waals surface area contributed by atoms with Gasteiger partial charge in [0.1, 0.15) is 11.6 Å². The Hall–Kier alpha value is -3.00. The van der Waals surface area contributed by atoms with E-state index in [1.54, 1.807) is 13.0 Å². The molecule has 1 heterocycles. The van der Waals surface area contributed by atoms with Crippen molar-refractivity contribution in [2.45, 2.75) is 13.0 Å². The average molecular weight is 393 g/mol. The molecule has 2 aromatic carbocycles. The van der Waals surface area contributed by atoms with Crippen LogP contribution in [-0.4, -0.2) is 28.2 Å². The first-order valence-electron chi connectivity index (χ1n) is 7.95. The summed E-state index contributed by atoms with van der Waals surface area (Å²) in [5.74, 6) is -1.26. The van der Waals surface area contributed by atoms with E-state index < -0.39 is 29.3 Å². The van der Waals surface area contributed by atoms with E-state index in [4.69, 9.17) is 11.6 Å². The summed E-state index contributed by atoms with van der Waals surface area (Å²) in [6.45, 7) is 1.68. The van der Waals surface area contributed by atoms with Crippen molar-refractivity contribution < 1.29 is 13.6 Å². The predicted molar refractivity (Wildman–Crippen MR) is 98.9 cm³/mol. The fourth-order valence-electron chi connectivity index (χ4n) is 2.66. The number of aromatic amines is 1. The molecule has 0 aliphatic rings. The Labute approximate surface area is 157 Å². The van der Waals surface area contributed by atoms with E-state index in [2.05, 4.69) is 15.5 Å². The third-order valence-electron chi connectivity index (χ3n) is 4.26. The van der Waals surface area contributed by atoms with Crippen LogP contribution < -0.4 is 10.9 Å². The Kier molecular flexibility index (Phi) is 5.09. The summed E-state index contributed by atoms with van der Waals surface area (Å²) in [4.78, 5) is 25.7. The first-order valence-corrected chi connectivity index (χ1v) is 8.33. The molecule has 0 aliphatic carbocycles. The van der Waals surface area contributed by atoms with E-state index in [1.807, 2.05) is 0 Å². The van der Waals surface area contributed by atoms with Crippen LogP contribution in [0.1, 0.15) is 18.7 Å². The van der Waals surface area contributed by atoms with Crippen LogP contribution in [0.25, 0.3) is 10.8 Å². The fraction of sp³-hybridized carbons (Fsp3) is 0.167. The third kappa shape index (κ3) is 3.61. The first kappa shape index (κ1) is 18.8. The number of H-pyrrole nitrogens is 1. The normalized spacial score (nSPS) is 12.0. The van der Waals surface area contributed by atoms with Gasteiger partial charge in [0.2, 0.25) is 0 Å². The molecule has 1 atom stereocenters. The summed E-state index contributed by atoms with van der Waals surface area (Å²) in [5.41, 5.74) is 0.00165. The molecule has 0 saturated heterocycles. The average Bonchev–Trinajstić information content (AvgIpc) is 2.64. The molecular weight excluding hydrogens is 378 g/mol. The number of fused-ring (bicyclic) bond motifs is 1. The number of carbonyl (C=O) groups is 1. The van der Waals surface area contributed by atoms with Crippen LogP contribution >= 0.6 is 11.6 Å². The number of rotatable bonds is 3. The second-order valence-electron chi connectivity index (χ2n) is 5.95. The lowest BCUT2D eigenvalue weighted by Gasteiger charge is -2.25. The number of urea groups is 1. The van der Waals surface area contributed by atoms with Crippen LogP contribution in [0.5, 0.6) is 0 Å². The lowest BCUT2D eigenvalue weighted by Crippen LogP contribution is -2.34. The van der Waals surface area contributed by atoms with Gasteiger partial charge in [0.15, 0.2) is 0 Å². The van der Waals surface area contributed by atoms with Crippen LogP contribution in [0.2, 0.25) is 5.02 Å². The molecular formula is C18H15ClF2N4O2. The lowest BCUT2D eigenvalue weighted by molar-refractivity contribution is 0.207. The van der Waals surface area contributed by atoms with Crippen molar-refractivity contribution >= 4 is 34.1 Å². The highest BCUT2D eigenvalue weighted by Gasteiger charge is 2.22. The zero-order valence-electron chi connectivity index (χ0n) is 14.4. The standard InChI is InChI=1S/C18H15ClF2N4O2/c1-9(16-11-4-3-5-14(21)15(11)17(26)24-23-16)25(2)18(27)22-10-6-7-13(20)12(19)8-10/h3-9H,1-2H3,(H,22,27)(H,24,26)/t9-/m0/s1. The summed E-state index contributed by atoms with van der Waals surface area (Å²) in [5, 5.41) is 8.92. The Bertz CT molecular complexity index is 1090. The van der Waals surface area contributed by atoms with Gasteiger partial charge in [0, 0.05) is 18.1 Å². The van der Waals surface area contributed by atoms with Gasteiger partial charge in [-0.2, -0.15) is 5.10 Å². The molecule has 3 rings (SSSR count). The minimum atomic E-state index is -0.669. The Morgan fingerprint density at radius 2 is 2.00 bits per heavy atom. The van der Waals surface area contributed by atoms with Gasteiger partial charge in [0.05, 0.1) is 22.1 Å². The number of nitrogens with zero attached hydrogens (tertiary/aromatic N) is 2. The molecule has 0 saturated carbocycles. The highest BCUT2D eigenvalue weighted by Crippen LogP contribution is 2.25. The monoisotopic (exact) mass is 392 g/mol. The molecule has 2 amide bonds. The Morgan fingerprint density at radius 3 is 2.70 bits per heavy atom. The van der Waals surface area contributed by atoms with Gasteiger partial charge in [-0.1, -0.05) is 23.7 Å². The number of hydrogen-bond donors (Lipinski definition) is 2. The lowest BCUT2D eigenvalue weighted by atomic mass is 10.1. The summed E-state index contributed by atoms with van der Waals surface area (Å²) < 4.78 is 27.3. The highest BCUT2D eigenvalue weighted by atomic mass is 35.5. The van der Waals surface area contributed by atoms with Gasteiger partial charge in [-0.05, 0) is 31.2 Å². The molecule has 9 heteroatoms. The first-order chi connectivity index (χ1) is 12.8. The maximum atomic E-state index is 14.0. The SMILES string of the molecule is C[C@@H](c1n[nH]c(=O)c2c(F)cccc12)N(C)C(=O)Nc1ccc(F)c(Cl)c1. The summed E-state index contributed by atoms with van der Waals surface area (Å²) >= 11 is 5.71. The van der Waals surface area contributed by atoms with E-state index in [9.17, 15) is 18.4 Å². The molecule has 0 bridgehead atoms. The van der Waals surface area contributed by atoms with Gasteiger partial charge in [0.25, 0.3) is 5.56 Å². The zero-order chi connectivity index (χ0) is 19.7. The van der Waals surface area contributed by atoms with E-state index >= 15 is 0 Å². The predicted octanol–water partition coefficient (Wildman–Crippen LogP) is 4.08. The van der Waals surface area contributed by atoms with Crippen molar-refractivity contribution in [1.29, 1.82) is 0 Å². The Morgan fingerprint density at radius 1 is 1.26 bits per heavy atom. The maximum absolute atomic E-state index is 14.0. The minimum Gasteiger partial charge on any atom is -0.319 e. The molecule has 0 spiro atoms. The van der Waals surface area contributed by atoms with Gasteiger partial charge < -0.3 is 10.2 Å². The van der Waals surface area contributed by atoms with Gasteiger partial charge >= 0.3 is 6.03 Å².